The number of rotatable bonds is 5. The van der Waals surface area contributed by atoms with Crippen molar-refractivity contribution < 1.29 is 12.8 Å². The number of hydrogen-bond acceptors (Lipinski definition) is 3. The third-order valence-electron chi connectivity index (χ3n) is 6.00. The van der Waals surface area contributed by atoms with Crippen molar-refractivity contribution in [3.05, 3.63) is 135 Å². The molecule has 0 saturated heterocycles. The number of hydrogen-bond donors (Lipinski definition) is 0. The summed E-state index contributed by atoms with van der Waals surface area (Å²) in [5, 5.41) is 0.718. The Balaban J connectivity index is 0.000000275. The standard InChI is InChI=1S/C22H22ClNO.C7H7FO2S/c1-15-7-9-19(10-8-15)22(24-16(2)5-4-6-21(24)25)17(3)18-11-13-20(23)14-12-18;1-11(9,10)7-4-2-6(8)3-5-7/h4-14,17,22H,1-3H3;2-5H,1H3/t17-,22-;/m1./s1. The molecule has 0 radical (unpaired) electrons. The number of halogens is 2. The first-order valence-electron chi connectivity index (χ1n) is 11.4. The fraction of sp³-hybridized carbons (Fsp3) is 0.207. The largest absolute Gasteiger partial charge is 0.305 e. The summed E-state index contributed by atoms with van der Waals surface area (Å²) in [5.74, 6) is -0.309. The van der Waals surface area contributed by atoms with Crippen molar-refractivity contribution in [2.45, 2.75) is 37.6 Å². The van der Waals surface area contributed by atoms with Gasteiger partial charge in [0.1, 0.15) is 5.82 Å². The number of aromatic nitrogens is 1. The number of sulfone groups is 1. The highest BCUT2D eigenvalue weighted by Crippen LogP contribution is 2.34. The molecular formula is C29H29ClFNO3S. The van der Waals surface area contributed by atoms with E-state index in [-0.39, 0.29) is 22.4 Å². The van der Waals surface area contributed by atoms with Crippen molar-refractivity contribution >= 4 is 21.4 Å². The fourth-order valence-electron chi connectivity index (χ4n) is 4.02. The Kier molecular flexibility index (Phi) is 8.88. The molecule has 1 heterocycles. The minimum atomic E-state index is -3.19. The van der Waals surface area contributed by atoms with Gasteiger partial charge in [0.05, 0.1) is 10.9 Å². The molecule has 0 spiro atoms. The second kappa shape index (κ2) is 11.7. The summed E-state index contributed by atoms with van der Waals surface area (Å²) in [6, 6.07) is 26.4. The molecule has 0 saturated carbocycles. The Morgan fingerprint density at radius 2 is 1.36 bits per heavy atom. The second-order valence-corrected chi connectivity index (χ2v) is 11.2. The van der Waals surface area contributed by atoms with Gasteiger partial charge in [-0.15, -0.1) is 0 Å². The summed E-state index contributed by atoms with van der Waals surface area (Å²) in [7, 11) is -3.19. The van der Waals surface area contributed by atoms with E-state index in [0.29, 0.717) is 0 Å². The van der Waals surface area contributed by atoms with Crippen LogP contribution in [0.5, 0.6) is 0 Å². The first-order valence-corrected chi connectivity index (χ1v) is 13.7. The van der Waals surface area contributed by atoms with Crippen LogP contribution in [0.1, 0.15) is 41.3 Å². The third kappa shape index (κ3) is 6.93. The molecule has 2 atom stereocenters. The van der Waals surface area contributed by atoms with Crippen molar-refractivity contribution in [2.75, 3.05) is 6.26 Å². The van der Waals surface area contributed by atoms with Crippen LogP contribution in [0.3, 0.4) is 0 Å². The highest BCUT2D eigenvalue weighted by Gasteiger charge is 2.24. The van der Waals surface area contributed by atoms with Gasteiger partial charge in [-0.25, -0.2) is 12.8 Å². The maximum Gasteiger partial charge on any atom is 0.251 e. The lowest BCUT2D eigenvalue weighted by Crippen LogP contribution is -2.29. The van der Waals surface area contributed by atoms with E-state index in [1.54, 1.807) is 6.07 Å². The molecule has 7 heteroatoms. The van der Waals surface area contributed by atoms with E-state index in [2.05, 4.69) is 38.1 Å². The topological polar surface area (TPSA) is 56.1 Å². The molecule has 0 N–H and O–H groups in total. The molecule has 0 aliphatic rings. The van der Waals surface area contributed by atoms with Crippen molar-refractivity contribution in [3.63, 3.8) is 0 Å². The maximum atomic E-state index is 12.7. The van der Waals surface area contributed by atoms with Crippen molar-refractivity contribution in [2.24, 2.45) is 0 Å². The summed E-state index contributed by atoms with van der Waals surface area (Å²) in [5.41, 5.74) is 4.47. The number of benzene rings is 3. The summed E-state index contributed by atoms with van der Waals surface area (Å²) in [4.78, 5) is 12.8. The predicted molar refractivity (Wildman–Crippen MR) is 144 cm³/mol. The Morgan fingerprint density at radius 1 is 0.806 bits per heavy atom. The zero-order chi connectivity index (χ0) is 26.5. The number of nitrogens with zero attached hydrogens (tertiary/aromatic N) is 1. The predicted octanol–water partition coefficient (Wildman–Crippen LogP) is 6.74. The molecule has 3 aromatic carbocycles. The monoisotopic (exact) mass is 525 g/mol. The van der Waals surface area contributed by atoms with Crippen molar-refractivity contribution in [1.29, 1.82) is 0 Å². The molecule has 4 nitrogen and oxygen atoms in total. The van der Waals surface area contributed by atoms with Gasteiger partial charge in [-0.2, -0.15) is 0 Å². The average Bonchev–Trinajstić information content (AvgIpc) is 2.83. The van der Waals surface area contributed by atoms with Crippen LogP contribution in [0, 0.1) is 19.7 Å². The van der Waals surface area contributed by atoms with Crippen LogP contribution in [0.2, 0.25) is 5.02 Å². The normalized spacial score (nSPS) is 12.8. The lowest BCUT2D eigenvalue weighted by molar-refractivity contribution is 0.477. The Morgan fingerprint density at radius 3 is 1.89 bits per heavy atom. The smallest absolute Gasteiger partial charge is 0.251 e. The summed E-state index contributed by atoms with van der Waals surface area (Å²) in [6.45, 7) is 6.21. The van der Waals surface area contributed by atoms with E-state index in [1.807, 2.05) is 47.9 Å². The molecule has 0 bridgehead atoms. The minimum absolute atomic E-state index is 0.0198. The molecule has 36 heavy (non-hydrogen) atoms. The lowest BCUT2D eigenvalue weighted by atomic mass is 9.87. The first-order chi connectivity index (χ1) is 17.0. The molecular weight excluding hydrogens is 497 g/mol. The van der Waals surface area contributed by atoms with Gasteiger partial charge >= 0.3 is 0 Å². The van der Waals surface area contributed by atoms with Gasteiger partial charge in [0.2, 0.25) is 0 Å². The summed E-state index contributed by atoms with van der Waals surface area (Å²) in [6.07, 6.45) is 1.08. The number of aryl methyl sites for hydroxylation is 2. The third-order valence-corrected chi connectivity index (χ3v) is 7.38. The van der Waals surface area contributed by atoms with Crippen molar-refractivity contribution in [3.8, 4) is 0 Å². The van der Waals surface area contributed by atoms with E-state index >= 15 is 0 Å². The van der Waals surface area contributed by atoms with Gasteiger partial charge in [0, 0.05) is 29.0 Å². The van der Waals surface area contributed by atoms with Gasteiger partial charge in [0.25, 0.3) is 5.56 Å². The second-order valence-electron chi connectivity index (χ2n) is 8.80. The summed E-state index contributed by atoms with van der Waals surface area (Å²) >= 11 is 6.04. The van der Waals surface area contributed by atoms with Crippen molar-refractivity contribution in [1.82, 2.24) is 4.57 Å². The molecule has 0 amide bonds. The van der Waals surface area contributed by atoms with E-state index < -0.39 is 15.7 Å². The maximum absolute atomic E-state index is 12.7. The molecule has 0 unspecified atom stereocenters. The molecule has 188 valence electrons. The molecule has 0 aliphatic heterocycles. The van der Waals surface area contributed by atoms with Gasteiger partial charge in [-0.3, -0.25) is 4.79 Å². The fourth-order valence-corrected chi connectivity index (χ4v) is 4.77. The molecule has 4 aromatic rings. The molecule has 0 aliphatic carbocycles. The Labute approximate surface area is 216 Å². The van der Waals surface area contributed by atoms with E-state index in [1.165, 1.54) is 17.7 Å². The van der Waals surface area contributed by atoms with Crippen LogP contribution >= 0.6 is 11.6 Å². The van der Waals surface area contributed by atoms with Crippen LogP contribution < -0.4 is 5.56 Å². The quantitative estimate of drug-likeness (QED) is 0.271. The van der Waals surface area contributed by atoms with Gasteiger partial charge < -0.3 is 4.57 Å². The van der Waals surface area contributed by atoms with Crippen LogP contribution in [-0.2, 0) is 9.84 Å². The van der Waals surface area contributed by atoms with E-state index in [9.17, 15) is 17.6 Å². The SMILES string of the molecule is CS(=O)(=O)c1ccc(F)cc1.Cc1ccc([C@@H]([C@H](C)c2ccc(Cl)cc2)n2c(C)cccc2=O)cc1. The van der Waals surface area contributed by atoms with E-state index in [4.69, 9.17) is 11.6 Å². The number of pyridine rings is 1. The van der Waals surface area contributed by atoms with Crippen LogP contribution in [0.25, 0.3) is 0 Å². The summed E-state index contributed by atoms with van der Waals surface area (Å²) < 4.78 is 35.8. The highest BCUT2D eigenvalue weighted by molar-refractivity contribution is 7.90. The highest BCUT2D eigenvalue weighted by atomic mass is 35.5. The van der Waals surface area contributed by atoms with Gasteiger partial charge in [-0.1, -0.05) is 66.6 Å². The lowest BCUT2D eigenvalue weighted by Gasteiger charge is -2.29. The van der Waals surface area contributed by atoms with Crippen LogP contribution in [0.15, 0.2) is 101 Å². The Bertz CT molecular complexity index is 1460. The van der Waals surface area contributed by atoms with E-state index in [0.717, 1.165) is 40.2 Å². The van der Waals surface area contributed by atoms with Crippen LogP contribution in [-0.4, -0.2) is 19.2 Å². The Hall–Kier alpha value is -3.22. The molecule has 1 aromatic heterocycles. The average molecular weight is 526 g/mol. The first kappa shape index (κ1) is 27.4. The zero-order valence-corrected chi connectivity index (χ0v) is 22.2. The zero-order valence-electron chi connectivity index (χ0n) is 20.7. The van der Waals surface area contributed by atoms with Gasteiger partial charge in [-0.05, 0) is 67.4 Å². The van der Waals surface area contributed by atoms with Crippen LogP contribution in [0.4, 0.5) is 4.39 Å². The molecule has 0 fully saturated rings. The van der Waals surface area contributed by atoms with Gasteiger partial charge in [0.15, 0.2) is 9.84 Å². The molecule has 4 rings (SSSR count). The minimum Gasteiger partial charge on any atom is -0.305 e.